The Morgan fingerprint density at radius 1 is 0.714 bits per heavy atom. The van der Waals surface area contributed by atoms with E-state index in [1.165, 1.54) is 30.3 Å². The van der Waals surface area contributed by atoms with Crippen molar-refractivity contribution in [3.8, 4) is 11.1 Å². The zero-order chi connectivity index (χ0) is 15.8. The molecule has 0 aliphatic heterocycles. The number of halogens is 5. The lowest BCUT2D eigenvalue weighted by Gasteiger charge is -2.23. The molecule has 0 saturated heterocycles. The SMILES string of the molecule is Nc1ccc(-c2ccc(N)cc2C(F)(F)C(F)(F)F)cc1. The Morgan fingerprint density at radius 3 is 1.76 bits per heavy atom. The van der Waals surface area contributed by atoms with Gasteiger partial charge >= 0.3 is 12.1 Å². The minimum atomic E-state index is -5.71. The summed E-state index contributed by atoms with van der Waals surface area (Å²) in [6, 6.07) is 8.62. The third-order valence-electron chi connectivity index (χ3n) is 2.96. The first-order valence-electron chi connectivity index (χ1n) is 5.83. The van der Waals surface area contributed by atoms with Crippen molar-refractivity contribution in [2.24, 2.45) is 0 Å². The number of rotatable bonds is 2. The van der Waals surface area contributed by atoms with Crippen molar-refractivity contribution >= 4 is 11.4 Å². The third kappa shape index (κ3) is 2.76. The number of anilines is 2. The Morgan fingerprint density at radius 2 is 1.24 bits per heavy atom. The Balaban J connectivity index is 2.66. The molecular weight excluding hydrogens is 291 g/mol. The van der Waals surface area contributed by atoms with Gasteiger partial charge < -0.3 is 11.5 Å². The van der Waals surface area contributed by atoms with E-state index in [2.05, 4.69) is 0 Å². The summed E-state index contributed by atoms with van der Waals surface area (Å²) < 4.78 is 65.1. The van der Waals surface area contributed by atoms with Crippen LogP contribution in [-0.4, -0.2) is 6.18 Å². The molecule has 0 saturated carbocycles. The van der Waals surface area contributed by atoms with E-state index in [1.54, 1.807) is 0 Å². The van der Waals surface area contributed by atoms with E-state index in [-0.39, 0.29) is 16.8 Å². The largest absolute Gasteiger partial charge is 0.458 e. The van der Waals surface area contributed by atoms with E-state index in [0.29, 0.717) is 11.8 Å². The average molecular weight is 302 g/mol. The molecule has 0 unspecified atom stereocenters. The van der Waals surface area contributed by atoms with Crippen molar-refractivity contribution in [3.05, 3.63) is 48.0 Å². The zero-order valence-electron chi connectivity index (χ0n) is 10.6. The maximum atomic E-state index is 13.7. The van der Waals surface area contributed by atoms with Crippen LogP contribution in [0.5, 0.6) is 0 Å². The van der Waals surface area contributed by atoms with Crippen LogP contribution >= 0.6 is 0 Å². The second-order valence-corrected chi connectivity index (χ2v) is 4.50. The van der Waals surface area contributed by atoms with Crippen molar-refractivity contribution in [3.63, 3.8) is 0 Å². The van der Waals surface area contributed by atoms with Gasteiger partial charge in [-0.05, 0) is 35.4 Å². The number of hydrogen-bond acceptors (Lipinski definition) is 2. The third-order valence-corrected chi connectivity index (χ3v) is 2.96. The Labute approximate surface area is 117 Å². The van der Waals surface area contributed by atoms with Gasteiger partial charge in [0.2, 0.25) is 0 Å². The molecule has 0 fully saturated rings. The lowest BCUT2D eigenvalue weighted by atomic mass is 9.94. The van der Waals surface area contributed by atoms with Crippen LogP contribution in [0.2, 0.25) is 0 Å². The van der Waals surface area contributed by atoms with E-state index in [9.17, 15) is 22.0 Å². The fraction of sp³-hybridized carbons (Fsp3) is 0.143. The molecule has 7 heteroatoms. The van der Waals surface area contributed by atoms with Gasteiger partial charge in [0.05, 0.1) is 0 Å². The maximum absolute atomic E-state index is 13.7. The van der Waals surface area contributed by atoms with Crippen LogP contribution in [-0.2, 0) is 5.92 Å². The molecule has 2 nitrogen and oxygen atoms in total. The molecule has 4 N–H and O–H groups in total. The molecule has 0 amide bonds. The lowest BCUT2D eigenvalue weighted by Crippen LogP contribution is -2.34. The first-order chi connectivity index (χ1) is 9.63. The van der Waals surface area contributed by atoms with Crippen molar-refractivity contribution in [1.29, 1.82) is 0 Å². The van der Waals surface area contributed by atoms with Crippen LogP contribution in [0.15, 0.2) is 42.5 Å². The predicted octanol–water partition coefficient (Wildman–Crippen LogP) is 4.17. The smallest absolute Gasteiger partial charge is 0.399 e. The minimum Gasteiger partial charge on any atom is -0.399 e. The number of nitrogens with two attached hydrogens (primary N) is 2. The molecule has 2 rings (SSSR count). The van der Waals surface area contributed by atoms with Gasteiger partial charge in [-0.25, -0.2) is 0 Å². The van der Waals surface area contributed by atoms with Gasteiger partial charge in [-0.3, -0.25) is 0 Å². The number of benzene rings is 2. The zero-order valence-corrected chi connectivity index (χ0v) is 10.6. The Hall–Kier alpha value is -2.31. The van der Waals surface area contributed by atoms with Gasteiger partial charge in [-0.2, -0.15) is 22.0 Å². The fourth-order valence-corrected chi connectivity index (χ4v) is 1.89. The van der Waals surface area contributed by atoms with Gasteiger partial charge in [0.15, 0.2) is 0 Å². The van der Waals surface area contributed by atoms with Crippen molar-refractivity contribution < 1.29 is 22.0 Å². The number of alkyl halides is 5. The van der Waals surface area contributed by atoms with Crippen LogP contribution in [0.25, 0.3) is 11.1 Å². The number of nitrogen functional groups attached to an aromatic ring is 2. The first-order valence-corrected chi connectivity index (χ1v) is 5.83. The molecule has 2 aromatic carbocycles. The average Bonchev–Trinajstić information content (AvgIpc) is 2.38. The van der Waals surface area contributed by atoms with E-state index >= 15 is 0 Å². The van der Waals surface area contributed by atoms with Crippen molar-refractivity contribution in [1.82, 2.24) is 0 Å². The van der Waals surface area contributed by atoms with Crippen LogP contribution < -0.4 is 11.5 Å². The van der Waals surface area contributed by atoms with Gasteiger partial charge in [-0.15, -0.1) is 0 Å². The highest BCUT2D eigenvalue weighted by Crippen LogP contribution is 2.47. The summed E-state index contributed by atoms with van der Waals surface area (Å²) >= 11 is 0. The minimum absolute atomic E-state index is 0.173. The summed E-state index contributed by atoms with van der Waals surface area (Å²) in [6.45, 7) is 0. The summed E-state index contributed by atoms with van der Waals surface area (Å²) in [4.78, 5) is 0. The Kier molecular flexibility index (Phi) is 3.52. The highest BCUT2D eigenvalue weighted by atomic mass is 19.4. The molecule has 0 aliphatic carbocycles. The summed E-state index contributed by atoms with van der Waals surface area (Å²) in [5.74, 6) is -5.00. The summed E-state index contributed by atoms with van der Waals surface area (Å²) in [5, 5.41) is 0. The summed E-state index contributed by atoms with van der Waals surface area (Å²) in [7, 11) is 0. The van der Waals surface area contributed by atoms with Crippen LogP contribution in [0, 0.1) is 0 Å². The van der Waals surface area contributed by atoms with Crippen LogP contribution in [0.4, 0.5) is 33.3 Å². The Bertz CT molecular complexity index is 647. The normalized spacial score (nSPS) is 12.4. The molecule has 0 heterocycles. The van der Waals surface area contributed by atoms with Crippen LogP contribution in [0.1, 0.15) is 5.56 Å². The standard InChI is InChI=1S/C14H11F5N2/c15-13(16,14(17,18)19)12-7-10(21)5-6-11(12)8-1-3-9(20)4-2-8/h1-7H,20-21H2. The summed E-state index contributed by atoms with van der Waals surface area (Å²) in [6.07, 6.45) is -5.71. The van der Waals surface area contributed by atoms with Crippen LogP contribution in [0.3, 0.4) is 0 Å². The van der Waals surface area contributed by atoms with E-state index in [4.69, 9.17) is 11.5 Å². The van der Waals surface area contributed by atoms with E-state index < -0.39 is 17.7 Å². The van der Waals surface area contributed by atoms with E-state index in [0.717, 1.165) is 6.07 Å². The predicted molar refractivity (Wildman–Crippen MR) is 70.7 cm³/mol. The molecule has 2 aromatic rings. The first kappa shape index (κ1) is 15.1. The highest BCUT2D eigenvalue weighted by Gasteiger charge is 2.59. The van der Waals surface area contributed by atoms with Crippen molar-refractivity contribution in [2.75, 3.05) is 11.5 Å². The van der Waals surface area contributed by atoms with Gasteiger partial charge in [-0.1, -0.05) is 18.2 Å². The molecular formula is C14H11F5N2. The molecule has 0 spiro atoms. The molecule has 0 aromatic heterocycles. The quantitative estimate of drug-likeness (QED) is 0.646. The second-order valence-electron chi connectivity index (χ2n) is 4.50. The van der Waals surface area contributed by atoms with E-state index in [1.807, 2.05) is 0 Å². The van der Waals surface area contributed by atoms with Gasteiger partial charge in [0.1, 0.15) is 0 Å². The molecule has 21 heavy (non-hydrogen) atoms. The maximum Gasteiger partial charge on any atom is 0.458 e. The number of hydrogen-bond donors (Lipinski definition) is 2. The van der Waals surface area contributed by atoms with Crippen molar-refractivity contribution in [2.45, 2.75) is 12.1 Å². The topological polar surface area (TPSA) is 52.0 Å². The highest BCUT2D eigenvalue weighted by molar-refractivity contribution is 5.72. The molecule has 112 valence electrons. The van der Waals surface area contributed by atoms with Gasteiger partial charge in [0, 0.05) is 16.9 Å². The molecule has 0 aliphatic rings. The fourth-order valence-electron chi connectivity index (χ4n) is 1.89. The monoisotopic (exact) mass is 302 g/mol. The second kappa shape index (κ2) is 4.91. The molecule has 0 atom stereocenters. The molecule has 0 radical (unpaired) electrons. The summed E-state index contributed by atoms with van der Waals surface area (Å²) in [5.41, 5.74) is 9.80. The molecule has 0 bridgehead atoms. The lowest BCUT2D eigenvalue weighted by molar-refractivity contribution is -0.289. The van der Waals surface area contributed by atoms with Gasteiger partial charge in [0.25, 0.3) is 0 Å².